The third-order valence-corrected chi connectivity index (χ3v) is 4.45. The van der Waals surface area contributed by atoms with E-state index in [4.69, 9.17) is 4.74 Å². The van der Waals surface area contributed by atoms with Crippen molar-refractivity contribution in [2.24, 2.45) is 0 Å². The maximum atomic E-state index is 14.3. The standard InChI is InChI=1S/C21H22F2N4O4S/c1-13(2)31-21-15(4-6-17(10-22)26-21)5-7-19(28)25-12-14-8-16(11-24)20(18(23)9-14)27-32(3,29)30/h4-9,13,27H,10,12H2,1-3H3,(H,25,28)/b7-5+. The van der Waals surface area contributed by atoms with Gasteiger partial charge >= 0.3 is 0 Å². The van der Waals surface area contributed by atoms with Crippen LogP contribution in [0.1, 0.15) is 36.2 Å². The first-order valence-corrected chi connectivity index (χ1v) is 11.3. The minimum Gasteiger partial charge on any atom is -0.475 e. The number of aromatic nitrogens is 1. The third-order valence-electron chi connectivity index (χ3n) is 3.87. The number of nitrogens with one attached hydrogen (secondary N) is 2. The molecule has 1 heterocycles. The van der Waals surface area contributed by atoms with Crippen molar-refractivity contribution >= 4 is 27.7 Å². The monoisotopic (exact) mass is 464 g/mol. The summed E-state index contributed by atoms with van der Waals surface area (Å²) in [6.07, 6.45) is 3.29. The van der Waals surface area contributed by atoms with Crippen molar-refractivity contribution in [3.63, 3.8) is 0 Å². The molecule has 0 radical (unpaired) electrons. The second-order valence-corrected chi connectivity index (χ2v) is 8.78. The summed E-state index contributed by atoms with van der Waals surface area (Å²) < 4.78 is 57.3. The maximum Gasteiger partial charge on any atom is 0.244 e. The van der Waals surface area contributed by atoms with Crippen LogP contribution in [0.4, 0.5) is 14.5 Å². The summed E-state index contributed by atoms with van der Waals surface area (Å²) in [5, 5.41) is 11.7. The maximum absolute atomic E-state index is 14.3. The highest BCUT2D eigenvalue weighted by Crippen LogP contribution is 2.23. The van der Waals surface area contributed by atoms with Gasteiger partial charge in [0.1, 0.15) is 24.2 Å². The van der Waals surface area contributed by atoms with Gasteiger partial charge in [0.15, 0.2) is 0 Å². The molecule has 0 spiro atoms. The third kappa shape index (κ3) is 7.31. The van der Waals surface area contributed by atoms with Crippen LogP contribution < -0.4 is 14.8 Å². The van der Waals surface area contributed by atoms with Gasteiger partial charge in [0.05, 0.1) is 23.6 Å². The Kier molecular flexibility index (Phi) is 8.26. The Labute approximate surface area is 185 Å². The normalized spacial score (nSPS) is 11.4. The number of carbonyl (C=O) groups excluding carboxylic acids is 1. The highest BCUT2D eigenvalue weighted by atomic mass is 32.2. The molecule has 0 unspecified atom stereocenters. The van der Waals surface area contributed by atoms with Crippen molar-refractivity contribution in [1.82, 2.24) is 10.3 Å². The molecule has 1 amide bonds. The Bertz CT molecular complexity index is 1180. The fraction of sp³-hybridized carbons (Fsp3) is 0.286. The zero-order valence-corrected chi connectivity index (χ0v) is 18.5. The average Bonchev–Trinajstić information content (AvgIpc) is 2.71. The number of carbonyl (C=O) groups is 1. The molecule has 11 heteroatoms. The van der Waals surface area contributed by atoms with Gasteiger partial charge in [0, 0.05) is 18.2 Å². The van der Waals surface area contributed by atoms with Crippen molar-refractivity contribution in [2.45, 2.75) is 33.2 Å². The molecule has 32 heavy (non-hydrogen) atoms. The van der Waals surface area contributed by atoms with Crippen molar-refractivity contribution in [3.8, 4) is 11.9 Å². The van der Waals surface area contributed by atoms with Crippen LogP contribution in [0.25, 0.3) is 6.08 Å². The molecule has 8 nitrogen and oxygen atoms in total. The zero-order valence-electron chi connectivity index (χ0n) is 17.6. The number of hydrogen-bond acceptors (Lipinski definition) is 6. The lowest BCUT2D eigenvalue weighted by atomic mass is 10.1. The summed E-state index contributed by atoms with van der Waals surface area (Å²) in [6.45, 7) is 2.71. The molecule has 1 aromatic heterocycles. The van der Waals surface area contributed by atoms with Crippen LogP contribution in [0.3, 0.4) is 0 Å². The molecule has 0 aliphatic carbocycles. The van der Waals surface area contributed by atoms with Crippen LogP contribution in [-0.2, 0) is 28.0 Å². The van der Waals surface area contributed by atoms with Gasteiger partial charge in [0.25, 0.3) is 0 Å². The van der Waals surface area contributed by atoms with Crippen molar-refractivity contribution in [1.29, 1.82) is 5.26 Å². The Hall–Kier alpha value is -3.52. The smallest absolute Gasteiger partial charge is 0.244 e. The van der Waals surface area contributed by atoms with Gasteiger partial charge in [-0.2, -0.15) is 5.26 Å². The summed E-state index contributed by atoms with van der Waals surface area (Å²) in [5.41, 5.74) is 0.265. The van der Waals surface area contributed by atoms with E-state index in [1.165, 1.54) is 24.3 Å². The van der Waals surface area contributed by atoms with E-state index < -0.39 is 34.1 Å². The minimum absolute atomic E-state index is 0.109. The van der Waals surface area contributed by atoms with E-state index in [2.05, 4.69) is 10.3 Å². The Morgan fingerprint density at radius 2 is 2.06 bits per heavy atom. The second kappa shape index (κ2) is 10.7. The Morgan fingerprint density at radius 3 is 2.66 bits per heavy atom. The number of pyridine rings is 1. The molecular weight excluding hydrogens is 442 g/mol. The predicted molar refractivity (Wildman–Crippen MR) is 115 cm³/mol. The molecule has 1 aromatic carbocycles. The van der Waals surface area contributed by atoms with Crippen LogP contribution in [0.2, 0.25) is 0 Å². The minimum atomic E-state index is -3.78. The predicted octanol–water partition coefficient (Wildman–Crippen LogP) is 3.05. The Balaban J connectivity index is 2.13. The van der Waals surface area contributed by atoms with Gasteiger partial charge in [-0.25, -0.2) is 22.2 Å². The van der Waals surface area contributed by atoms with Gasteiger partial charge in [-0.3, -0.25) is 9.52 Å². The summed E-state index contributed by atoms with van der Waals surface area (Å²) in [5.74, 6) is -1.27. The van der Waals surface area contributed by atoms with Gasteiger partial charge in [-0.15, -0.1) is 0 Å². The number of anilines is 1. The highest BCUT2D eigenvalue weighted by Gasteiger charge is 2.15. The van der Waals surface area contributed by atoms with Gasteiger partial charge in [-0.05, 0) is 49.8 Å². The summed E-state index contributed by atoms with van der Waals surface area (Å²) in [7, 11) is -3.78. The second-order valence-electron chi connectivity index (χ2n) is 7.03. The van der Waals surface area contributed by atoms with E-state index in [0.717, 1.165) is 12.3 Å². The fourth-order valence-corrected chi connectivity index (χ4v) is 3.14. The van der Waals surface area contributed by atoms with E-state index >= 15 is 0 Å². The molecule has 0 bridgehead atoms. The molecule has 2 rings (SSSR count). The molecule has 0 atom stereocenters. The average molecular weight is 464 g/mol. The molecule has 2 aromatic rings. The fourth-order valence-electron chi connectivity index (χ4n) is 2.56. The summed E-state index contributed by atoms with van der Waals surface area (Å²) >= 11 is 0. The van der Waals surface area contributed by atoms with E-state index in [-0.39, 0.29) is 35.3 Å². The lowest BCUT2D eigenvalue weighted by Crippen LogP contribution is -2.21. The number of nitrogens with zero attached hydrogens (tertiary/aromatic N) is 2. The summed E-state index contributed by atoms with van der Waals surface area (Å²) in [4.78, 5) is 16.2. The molecule has 2 N–H and O–H groups in total. The number of sulfonamides is 1. The molecule has 0 aliphatic heterocycles. The van der Waals surface area contributed by atoms with E-state index in [1.807, 2.05) is 4.72 Å². The lowest BCUT2D eigenvalue weighted by molar-refractivity contribution is -0.116. The van der Waals surface area contributed by atoms with E-state index in [1.54, 1.807) is 26.0 Å². The highest BCUT2D eigenvalue weighted by molar-refractivity contribution is 7.92. The number of benzene rings is 1. The van der Waals surface area contributed by atoms with Crippen molar-refractivity contribution in [2.75, 3.05) is 11.0 Å². The molecule has 0 fully saturated rings. The van der Waals surface area contributed by atoms with Gasteiger partial charge in [-0.1, -0.05) is 0 Å². The number of ether oxygens (including phenoxy) is 1. The molecule has 0 saturated heterocycles. The van der Waals surface area contributed by atoms with Crippen LogP contribution in [-0.4, -0.2) is 31.7 Å². The summed E-state index contributed by atoms with van der Waals surface area (Å²) in [6, 6.07) is 7.07. The van der Waals surface area contributed by atoms with Crippen molar-refractivity contribution < 1.29 is 26.7 Å². The van der Waals surface area contributed by atoms with Crippen molar-refractivity contribution in [3.05, 3.63) is 58.5 Å². The first kappa shape index (κ1) is 24.7. The van der Waals surface area contributed by atoms with Crippen LogP contribution >= 0.6 is 0 Å². The largest absolute Gasteiger partial charge is 0.475 e. The lowest BCUT2D eigenvalue weighted by Gasteiger charge is -2.12. The molecule has 0 saturated carbocycles. The van der Waals surface area contributed by atoms with Crippen LogP contribution in [0, 0.1) is 17.1 Å². The quantitative estimate of drug-likeness (QED) is 0.550. The number of hydrogen-bond donors (Lipinski definition) is 2. The first-order chi connectivity index (χ1) is 15.0. The molecule has 170 valence electrons. The van der Waals surface area contributed by atoms with Crippen LogP contribution in [0.15, 0.2) is 30.3 Å². The number of halogens is 2. The number of rotatable bonds is 9. The number of nitriles is 1. The van der Waals surface area contributed by atoms with Gasteiger partial charge < -0.3 is 10.1 Å². The van der Waals surface area contributed by atoms with Crippen LogP contribution in [0.5, 0.6) is 5.88 Å². The van der Waals surface area contributed by atoms with E-state index in [0.29, 0.717) is 5.56 Å². The SMILES string of the molecule is CC(C)Oc1nc(CF)ccc1/C=C/C(=O)NCc1cc(F)c(NS(C)(=O)=O)c(C#N)c1. The molecular formula is C21H22F2N4O4S. The number of amides is 1. The topological polar surface area (TPSA) is 121 Å². The first-order valence-electron chi connectivity index (χ1n) is 9.41. The Morgan fingerprint density at radius 1 is 1.34 bits per heavy atom. The zero-order chi connectivity index (χ0) is 23.9. The van der Waals surface area contributed by atoms with E-state index in [9.17, 15) is 27.3 Å². The number of alkyl halides is 1. The van der Waals surface area contributed by atoms with Gasteiger partial charge in [0.2, 0.25) is 21.8 Å². The molecule has 0 aliphatic rings.